The van der Waals surface area contributed by atoms with Crippen LogP contribution in [0.25, 0.3) is 0 Å². The Balaban J connectivity index is 1.25. The Morgan fingerprint density at radius 1 is 0.538 bits per heavy atom. The van der Waals surface area contributed by atoms with E-state index < -0.39 is 47.3 Å². The SMILES string of the molecule is CC(=O)C(N=Nc1cc(Cl)cc(C(=O)Nc2ccc(CCCl)cc2)c1)C(=O)Nc1ccc(NC(=O)C(N=Nc2cc(Cl)cc(C(=O)Nc3ccc(CCCl)cc3)c2)C(C)=O)c(OCCl)c1. The number of ketones is 2. The van der Waals surface area contributed by atoms with Crippen molar-refractivity contribution in [3.63, 3.8) is 0 Å². The zero-order valence-corrected chi connectivity index (χ0v) is 38.3. The average Bonchev–Trinajstić information content (AvgIpc) is 3.25. The molecule has 4 amide bonds. The highest BCUT2D eigenvalue weighted by Crippen LogP contribution is 2.30. The standard InChI is InChI=1S/C45H39Cl5N8O7/c1-25(59)40(57-55-36-19-29(17-31(49)21-36)42(61)51-33-7-3-27(4-8-33)13-15-46)44(63)53-35-11-12-38(39(23-35)65-24-48)54-45(64)41(26(2)60)58-56-37-20-30(18-32(50)22-37)43(62)52-34-9-5-28(6-10-34)14-16-47/h3-12,17-23,40-41H,13-16,24H2,1-2H3,(H,51,61)(H,52,62)(H,53,63)(H,54,64). The van der Waals surface area contributed by atoms with Gasteiger partial charge in [-0.15, -0.1) is 23.2 Å². The van der Waals surface area contributed by atoms with Crippen LogP contribution in [-0.2, 0) is 32.0 Å². The molecule has 0 aliphatic carbocycles. The first-order chi connectivity index (χ1) is 31.1. The number of rotatable bonds is 20. The number of hydrogen-bond acceptors (Lipinski definition) is 11. The maximum absolute atomic E-state index is 13.4. The number of benzene rings is 5. The summed E-state index contributed by atoms with van der Waals surface area (Å²) in [6.07, 6.45) is 1.36. The molecule has 2 atom stereocenters. The fourth-order valence-corrected chi connectivity index (χ4v) is 6.85. The minimum Gasteiger partial charge on any atom is -0.476 e. The summed E-state index contributed by atoms with van der Waals surface area (Å²) in [6, 6.07) is 23.2. The number of anilines is 4. The number of Topliss-reactive ketones (excluding diaryl/α,β-unsaturated/α-hetero) is 2. The monoisotopic (exact) mass is 978 g/mol. The fraction of sp³-hybridized carbons (Fsp3) is 0.200. The second-order valence-electron chi connectivity index (χ2n) is 14.0. The van der Waals surface area contributed by atoms with E-state index in [-0.39, 0.29) is 55.7 Å². The molecule has 0 aliphatic rings. The van der Waals surface area contributed by atoms with Gasteiger partial charge in [-0.1, -0.05) is 59.1 Å². The van der Waals surface area contributed by atoms with Gasteiger partial charge >= 0.3 is 0 Å². The van der Waals surface area contributed by atoms with Crippen LogP contribution in [0.5, 0.6) is 5.75 Å². The Bertz CT molecular complexity index is 2630. The predicted molar refractivity (Wildman–Crippen MR) is 254 cm³/mol. The van der Waals surface area contributed by atoms with Crippen LogP contribution in [0.4, 0.5) is 34.1 Å². The number of azo groups is 2. The largest absolute Gasteiger partial charge is 0.476 e. The van der Waals surface area contributed by atoms with Crippen LogP contribution in [0.2, 0.25) is 10.0 Å². The smallest absolute Gasteiger partial charge is 0.258 e. The molecule has 5 aromatic carbocycles. The minimum absolute atomic E-state index is 0.0264. The summed E-state index contributed by atoms with van der Waals surface area (Å²) in [4.78, 5) is 78.1. The molecule has 0 saturated carbocycles. The van der Waals surface area contributed by atoms with Crippen LogP contribution >= 0.6 is 58.0 Å². The maximum Gasteiger partial charge on any atom is 0.258 e. The van der Waals surface area contributed by atoms with Gasteiger partial charge in [0.15, 0.2) is 17.6 Å². The second-order valence-corrected chi connectivity index (χ2v) is 15.8. The molecular formula is C45H39Cl5N8O7. The Labute approximate surface area is 398 Å². The quantitative estimate of drug-likeness (QED) is 0.0336. The lowest BCUT2D eigenvalue weighted by Crippen LogP contribution is -2.32. The van der Waals surface area contributed by atoms with Gasteiger partial charge in [0.05, 0.1) is 17.1 Å². The number of alkyl halides is 3. The zero-order chi connectivity index (χ0) is 47.0. The lowest BCUT2D eigenvalue weighted by Gasteiger charge is -2.15. The zero-order valence-electron chi connectivity index (χ0n) is 34.5. The van der Waals surface area contributed by atoms with E-state index in [1.807, 2.05) is 24.3 Å². The van der Waals surface area contributed by atoms with Gasteiger partial charge < -0.3 is 26.0 Å². The molecule has 4 N–H and O–H groups in total. The molecule has 2 unspecified atom stereocenters. The van der Waals surface area contributed by atoms with E-state index in [0.717, 1.165) is 25.0 Å². The molecule has 65 heavy (non-hydrogen) atoms. The molecular weight excluding hydrogens is 942 g/mol. The number of amides is 4. The van der Waals surface area contributed by atoms with Crippen LogP contribution in [0, 0.1) is 0 Å². The fourth-order valence-electron chi connectivity index (χ4n) is 5.84. The number of aryl methyl sites for hydroxylation is 2. The van der Waals surface area contributed by atoms with Gasteiger partial charge in [0.2, 0.25) is 12.1 Å². The molecule has 0 heterocycles. The predicted octanol–water partition coefficient (Wildman–Crippen LogP) is 11.0. The summed E-state index contributed by atoms with van der Waals surface area (Å²) in [5.74, 6) is -3.16. The lowest BCUT2D eigenvalue weighted by molar-refractivity contribution is -0.127. The van der Waals surface area contributed by atoms with E-state index in [1.54, 1.807) is 24.3 Å². The number of ether oxygens (including phenoxy) is 1. The summed E-state index contributed by atoms with van der Waals surface area (Å²) < 4.78 is 5.49. The van der Waals surface area contributed by atoms with Crippen LogP contribution in [0.1, 0.15) is 45.7 Å². The van der Waals surface area contributed by atoms with E-state index in [4.69, 9.17) is 62.7 Å². The highest BCUT2D eigenvalue weighted by molar-refractivity contribution is 6.31. The summed E-state index contributed by atoms with van der Waals surface area (Å²) in [7, 11) is 0. The topological polar surface area (TPSA) is 209 Å². The van der Waals surface area contributed by atoms with Crippen molar-refractivity contribution >= 4 is 127 Å². The first-order valence-electron chi connectivity index (χ1n) is 19.5. The van der Waals surface area contributed by atoms with Crippen LogP contribution in [0.15, 0.2) is 124 Å². The molecule has 0 aromatic heterocycles. The number of hydrogen-bond donors (Lipinski definition) is 4. The highest BCUT2D eigenvalue weighted by atomic mass is 35.5. The Hall–Kier alpha value is -6.23. The van der Waals surface area contributed by atoms with Gasteiger partial charge in [0, 0.05) is 56.1 Å². The van der Waals surface area contributed by atoms with Crippen molar-refractivity contribution in [2.45, 2.75) is 38.8 Å². The average molecular weight is 981 g/mol. The van der Waals surface area contributed by atoms with Crippen molar-refractivity contribution in [2.24, 2.45) is 20.5 Å². The third-order valence-electron chi connectivity index (χ3n) is 9.04. The molecule has 15 nitrogen and oxygen atoms in total. The molecule has 0 bridgehead atoms. The summed E-state index contributed by atoms with van der Waals surface area (Å²) in [5.41, 5.74) is 3.73. The van der Waals surface area contributed by atoms with Gasteiger partial charge in [0.1, 0.15) is 5.75 Å². The second kappa shape index (κ2) is 24.2. The number of nitrogens with zero attached hydrogens (tertiary/aromatic N) is 4. The van der Waals surface area contributed by atoms with E-state index in [1.165, 1.54) is 54.6 Å². The Morgan fingerprint density at radius 3 is 1.38 bits per heavy atom. The Kier molecular flexibility index (Phi) is 18.5. The first-order valence-corrected chi connectivity index (χ1v) is 21.8. The van der Waals surface area contributed by atoms with Gasteiger partial charge in [-0.05, 0) is 111 Å². The van der Waals surface area contributed by atoms with Crippen molar-refractivity contribution < 1.29 is 33.5 Å². The maximum atomic E-state index is 13.4. The Morgan fingerprint density at radius 2 is 0.969 bits per heavy atom. The number of carbonyl (C=O) groups is 6. The van der Waals surface area contributed by atoms with Crippen molar-refractivity contribution in [2.75, 3.05) is 39.1 Å². The van der Waals surface area contributed by atoms with Crippen LogP contribution < -0.4 is 26.0 Å². The lowest BCUT2D eigenvalue weighted by atomic mass is 10.1. The molecule has 0 fully saturated rings. The molecule has 5 rings (SSSR count). The van der Waals surface area contributed by atoms with Gasteiger partial charge in [0.25, 0.3) is 23.6 Å². The molecule has 0 radical (unpaired) electrons. The van der Waals surface area contributed by atoms with Crippen molar-refractivity contribution in [3.05, 3.63) is 135 Å². The summed E-state index contributed by atoms with van der Waals surface area (Å²) in [5, 5.41) is 26.9. The third kappa shape index (κ3) is 14.9. The molecule has 20 heteroatoms. The first kappa shape index (κ1) is 49.8. The summed E-state index contributed by atoms with van der Waals surface area (Å²) >= 11 is 30.0. The van der Waals surface area contributed by atoms with Gasteiger partial charge in [-0.2, -0.15) is 20.5 Å². The van der Waals surface area contributed by atoms with E-state index in [2.05, 4.69) is 41.7 Å². The molecule has 5 aromatic rings. The molecule has 0 spiro atoms. The van der Waals surface area contributed by atoms with Crippen LogP contribution in [-0.4, -0.2) is 65.1 Å². The van der Waals surface area contributed by atoms with E-state index in [0.29, 0.717) is 36.0 Å². The molecule has 0 saturated heterocycles. The van der Waals surface area contributed by atoms with Gasteiger partial charge in [-0.3, -0.25) is 28.8 Å². The van der Waals surface area contributed by atoms with E-state index >= 15 is 0 Å². The van der Waals surface area contributed by atoms with Crippen LogP contribution in [0.3, 0.4) is 0 Å². The third-order valence-corrected chi connectivity index (χ3v) is 9.96. The van der Waals surface area contributed by atoms with Crippen molar-refractivity contribution in [1.82, 2.24) is 0 Å². The van der Waals surface area contributed by atoms with Crippen molar-refractivity contribution in [3.8, 4) is 5.75 Å². The molecule has 0 aliphatic heterocycles. The van der Waals surface area contributed by atoms with Crippen molar-refractivity contribution in [1.29, 1.82) is 0 Å². The van der Waals surface area contributed by atoms with E-state index in [9.17, 15) is 28.8 Å². The number of carbonyl (C=O) groups excluding carboxylic acids is 6. The molecule has 336 valence electrons. The summed E-state index contributed by atoms with van der Waals surface area (Å²) in [6.45, 7) is 2.29. The number of halogens is 5. The van der Waals surface area contributed by atoms with Gasteiger partial charge in [-0.25, -0.2) is 0 Å². The minimum atomic E-state index is -1.65. The normalized spacial score (nSPS) is 12.0. The highest BCUT2D eigenvalue weighted by Gasteiger charge is 2.26. The number of nitrogens with one attached hydrogen (secondary N) is 4.